The Morgan fingerprint density at radius 2 is 1.75 bits per heavy atom. The molecule has 0 saturated heterocycles. The van der Waals surface area contributed by atoms with Crippen LogP contribution in [0.25, 0.3) is 0 Å². The summed E-state index contributed by atoms with van der Waals surface area (Å²) in [5.41, 5.74) is 4.17. The van der Waals surface area contributed by atoms with E-state index in [2.05, 4.69) is 6.07 Å². The van der Waals surface area contributed by atoms with Gasteiger partial charge in [0.2, 0.25) is 0 Å². The number of fused-ring (bicyclic) bond motifs is 1. The van der Waals surface area contributed by atoms with Crippen molar-refractivity contribution in [2.75, 3.05) is 29.9 Å². The van der Waals surface area contributed by atoms with Crippen LogP contribution < -0.4 is 13.9 Å². The number of ether oxygens (including phenoxy) is 1. The van der Waals surface area contributed by atoms with Crippen LogP contribution in [0.15, 0.2) is 71.6 Å². The fourth-order valence-corrected chi connectivity index (χ4v) is 5.25. The molecule has 3 aromatic rings. The third-order valence-corrected chi connectivity index (χ3v) is 7.57. The molecule has 32 heavy (non-hydrogen) atoms. The fourth-order valence-electron chi connectivity index (χ4n) is 4.04. The van der Waals surface area contributed by atoms with E-state index in [4.69, 9.17) is 4.74 Å². The maximum atomic E-state index is 13.2. The van der Waals surface area contributed by atoms with Gasteiger partial charge in [-0.05, 0) is 67.8 Å². The Hall–Kier alpha value is -3.32. The van der Waals surface area contributed by atoms with Crippen LogP contribution in [0.2, 0.25) is 0 Å². The fraction of sp³-hybridized carbons (Fsp3) is 0.240. The zero-order valence-corrected chi connectivity index (χ0v) is 19.2. The van der Waals surface area contributed by atoms with Crippen molar-refractivity contribution in [1.29, 1.82) is 0 Å². The number of rotatable bonds is 5. The summed E-state index contributed by atoms with van der Waals surface area (Å²) >= 11 is 0. The molecule has 0 aromatic heterocycles. The smallest absolute Gasteiger partial charge is 0.264 e. The number of hydrogen-bond acceptors (Lipinski definition) is 4. The van der Waals surface area contributed by atoms with Crippen molar-refractivity contribution < 1.29 is 17.9 Å². The summed E-state index contributed by atoms with van der Waals surface area (Å²) < 4.78 is 32.8. The Balaban J connectivity index is 1.60. The lowest BCUT2D eigenvalue weighted by atomic mass is 9.99. The molecule has 1 amide bonds. The van der Waals surface area contributed by atoms with Crippen LogP contribution >= 0.6 is 0 Å². The van der Waals surface area contributed by atoms with Crippen molar-refractivity contribution >= 4 is 27.3 Å². The number of benzene rings is 3. The zero-order chi connectivity index (χ0) is 22.9. The number of aryl methyl sites for hydroxylation is 2. The van der Waals surface area contributed by atoms with Crippen LogP contribution in [-0.4, -0.2) is 35.0 Å². The molecule has 0 unspecified atom stereocenters. The van der Waals surface area contributed by atoms with Gasteiger partial charge in [-0.15, -0.1) is 0 Å². The summed E-state index contributed by atoms with van der Waals surface area (Å²) in [5, 5.41) is 0. The molecule has 4 rings (SSSR count). The summed E-state index contributed by atoms with van der Waals surface area (Å²) in [6.45, 7) is 2.69. The lowest BCUT2D eigenvalue weighted by molar-refractivity contribution is 0.0985. The lowest BCUT2D eigenvalue weighted by Gasteiger charge is -2.30. The van der Waals surface area contributed by atoms with Gasteiger partial charge in [0, 0.05) is 24.8 Å². The predicted molar refractivity (Wildman–Crippen MR) is 126 cm³/mol. The van der Waals surface area contributed by atoms with Crippen molar-refractivity contribution in [3.8, 4) is 5.75 Å². The molecule has 0 aliphatic carbocycles. The molecular formula is C25H26N2O4S. The van der Waals surface area contributed by atoms with E-state index in [1.54, 1.807) is 41.3 Å². The second-order valence-electron chi connectivity index (χ2n) is 7.86. The van der Waals surface area contributed by atoms with Crippen LogP contribution in [0.4, 0.5) is 11.4 Å². The summed E-state index contributed by atoms with van der Waals surface area (Å²) in [6, 6.07) is 19.2. The average Bonchev–Trinajstić information content (AvgIpc) is 2.82. The minimum absolute atomic E-state index is 0.108. The Kier molecular flexibility index (Phi) is 5.93. The summed E-state index contributed by atoms with van der Waals surface area (Å²) in [6.07, 6.45) is 1.85. The van der Waals surface area contributed by atoms with Gasteiger partial charge >= 0.3 is 0 Å². The molecule has 1 heterocycles. The number of amides is 1. The largest absolute Gasteiger partial charge is 0.495 e. The minimum Gasteiger partial charge on any atom is -0.495 e. The number of hydrogen-bond donors (Lipinski definition) is 0. The van der Waals surface area contributed by atoms with Gasteiger partial charge in [-0.3, -0.25) is 9.10 Å². The van der Waals surface area contributed by atoms with Crippen molar-refractivity contribution in [3.05, 3.63) is 83.4 Å². The van der Waals surface area contributed by atoms with Gasteiger partial charge in [0.05, 0.1) is 17.7 Å². The number of nitrogens with zero attached hydrogens (tertiary/aromatic N) is 2. The second kappa shape index (κ2) is 8.67. The molecule has 1 aliphatic rings. The SMILES string of the molecule is COc1ccccc1N(C)S(=O)(=O)c1ccc(C(=O)N2CCCc3cc(C)ccc32)cc1. The highest BCUT2D eigenvalue weighted by Gasteiger charge is 2.26. The molecule has 0 radical (unpaired) electrons. The normalized spacial score (nSPS) is 13.4. The first-order valence-corrected chi connectivity index (χ1v) is 11.9. The predicted octanol–water partition coefficient (Wildman–Crippen LogP) is 4.42. The van der Waals surface area contributed by atoms with Crippen LogP contribution in [0, 0.1) is 6.92 Å². The monoisotopic (exact) mass is 450 g/mol. The molecule has 1 aliphatic heterocycles. The first-order chi connectivity index (χ1) is 15.3. The molecule has 6 nitrogen and oxygen atoms in total. The maximum absolute atomic E-state index is 13.2. The van der Waals surface area contributed by atoms with Crippen LogP contribution in [-0.2, 0) is 16.4 Å². The number of para-hydroxylation sites is 2. The molecule has 3 aromatic carbocycles. The van der Waals surface area contributed by atoms with E-state index >= 15 is 0 Å². The Bertz CT molecular complexity index is 1250. The molecule has 0 saturated carbocycles. The summed E-state index contributed by atoms with van der Waals surface area (Å²) in [5.74, 6) is 0.334. The van der Waals surface area contributed by atoms with E-state index in [0.29, 0.717) is 23.5 Å². The van der Waals surface area contributed by atoms with Gasteiger partial charge in [-0.25, -0.2) is 8.42 Å². The van der Waals surface area contributed by atoms with Gasteiger partial charge in [0.15, 0.2) is 0 Å². The highest BCUT2D eigenvalue weighted by atomic mass is 32.2. The number of carbonyl (C=O) groups excluding carboxylic acids is 1. The van der Waals surface area contributed by atoms with Crippen molar-refractivity contribution in [3.63, 3.8) is 0 Å². The number of sulfonamides is 1. The van der Waals surface area contributed by atoms with E-state index < -0.39 is 10.0 Å². The van der Waals surface area contributed by atoms with Crippen molar-refractivity contribution in [2.45, 2.75) is 24.7 Å². The molecule has 0 bridgehead atoms. The summed E-state index contributed by atoms with van der Waals surface area (Å²) in [4.78, 5) is 15.1. The van der Waals surface area contributed by atoms with Gasteiger partial charge in [0.1, 0.15) is 5.75 Å². The van der Waals surface area contributed by atoms with Crippen LogP contribution in [0.3, 0.4) is 0 Å². The lowest BCUT2D eigenvalue weighted by Crippen LogP contribution is -2.35. The zero-order valence-electron chi connectivity index (χ0n) is 18.4. The molecule has 166 valence electrons. The van der Waals surface area contributed by atoms with Crippen LogP contribution in [0.5, 0.6) is 5.75 Å². The average molecular weight is 451 g/mol. The Morgan fingerprint density at radius 1 is 1.03 bits per heavy atom. The molecule has 0 spiro atoms. The van der Waals surface area contributed by atoms with E-state index in [0.717, 1.165) is 18.5 Å². The van der Waals surface area contributed by atoms with E-state index in [-0.39, 0.29) is 10.8 Å². The molecule has 0 atom stereocenters. The van der Waals surface area contributed by atoms with Gasteiger partial charge in [-0.2, -0.15) is 0 Å². The Labute approximate surface area is 189 Å². The molecular weight excluding hydrogens is 424 g/mol. The van der Waals surface area contributed by atoms with E-state index in [1.165, 1.54) is 41.7 Å². The molecule has 7 heteroatoms. The third-order valence-electron chi connectivity index (χ3n) is 5.78. The third kappa shape index (κ3) is 3.96. The Morgan fingerprint density at radius 3 is 2.47 bits per heavy atom. The van der Waals surface area contributed by atoms with E-state index in [9.17, 15) is 13.2 Å². The second-order valence-corrected chi connectivity index (χ2v) is 9.83. The topological polar surface area (TPSA) is 66.9 Å². The molecule has 0 fully saturated rings. The van der Waals surface area contributed by atoms with Gasteiger partial charge in [-0.1, -0.05) is 29.8 Å². The summed E-state index contributed by atoms with van der Waals surface area (Å²) in [7, 11) is -0.832. The highest BCUT2D eigenvalue weighted by molar-refractivity contribution is 7.92. The standard InChI is InChI=1S/C25H26N2O4S/c1-18-10-15-22-20(17-18)7-6-16-27(22)25(28)19-11-13-21(14-12-19)32(29,30)26(2)23-8-4-5-9-24(23)31-3/h4-5,8-15,17H,6-7,16H2,1-3H3. The number of methoxy groups -OCH3 is 1. The molecule has 0 N–H and O–H groups in total. The first-order valence-electron chi connectivity index (χ1n) is 10.5. The van der Waals surface area contributed by atoms with Gasteiger partial charge in [0.25, 0.3) is 15.9 Å². The maximum Gasteiger partial charge on any atom is 0.264 e. The van der Waals surface area contributed by atoms with Crippen LogP contribution in [0.1, 0.15) is 27.9 Å². The van der Waals surface area contributed by atoms with Gasteiger partial charge < -0.3 is 9.64 Å². The van der Waals surface area contributed by atoms with E-state index in [1.807, 2.05) is 19.1 Å². The minimum atomic E-state index is -3.82. The first kappa shape index (κ1) is 21.9. The van der Waals surface area contributed by atoms with Crippen molar-refractivity contribution in [1.82, 2.24) is 0 Å². The quantitative estimate of drug-likeness (QED) is 0.577. The number of anilines is 2. The number of carbonyl (C=O) groups is 1. The highest BCUT2D eigenvalue weighted by Crippen LogP contribution is 2.32. The van der Waals surface area contributed by atoms with Crippen molar-refractivity contribution in [2.24, 2.45) is 0 Å².